The summed E-state index contributed by atoms with van der Waals surface area (Å²) < 4.78 is 15.5. The van der Waals surface area contributed by atoms with Gasteiger partial charge < -0.3 is 9.88 Å². The molecule has 3 aromatic rings. The molecule has 27 heavy (non-hydrogen) atoms. The molecule has 0 radical (unpaired) electrons. The van der Waals surface area contributed by atoms with Crippen LogP contribution in [0.4, 0.5) is 10.1 Å². The zero-order valence-electron chi connectivity index (χ0n) is 14.9. The van der Waals surface area contributed by atoms with Gasteiger partial charge in [-0.15, -0.1) is 10.2 Å². The number of aromatic nitrogens is 3. The number of hydrogen-bond donors (Lipinski definition) is 1. The van der Waals surface area contributed by atoms with Gasteiger partial charge in [0.25, 0.3) is 0 Å². The Hall–Kier alpha value is -2.67. The normalized spacial score (nSPS) is 15.2. The maximum absolute atomic E-state index is 13.6. The summed E-state index contributed by atoms with van der Waals surface area (Å²) in [6, 6.07) is 14.0. The highest BCUT2D eigenvalue weighted by atomic mass is 32.2. The molecule has 0 atom stereocenters. The lowest BCUT2D eigenvalue weighted by Gasteiger charge is -2.40. The van der Waals surface area contributed by atoms with E-state index in [9.17, 15) is 9.18 Å². The summed E-state index contributed by atoms with van der Waals surface area (Å²) in [5.41, 5.74) is 0.847. The molecule has 0 spiro atoms. The lowest BCUT2D eigenvalue weighted by molar-refractivity contribution is -0.124. The van der Waals surface area contributed by atoms with Crippen LogP contribution in [0.3, 0.4) is 0 Å². The van der Waals surface area contributed by atoms with Crippen molar-refractivity contribution in [3.8, 4) is 0 Å². The molecule has 7 heteroatoms. The van der Waals surface area contributed by atoms with E-state index in [0.29, 0.717) is 0 Å². The quantitative estimate of drug-likeness (QED) is 0.720. The van der Waals surface area contributed by atoms with Crippen molar-refractivity contribution in [2.75, 3.05) is 5.32 Å². The zero-order chi connectivity index (χ0) is 18.9. The summed E-state index contributed by atoms with van der Waals surface area (Å²) in [6.45, 7) is 0. The maximum atomic E-state index is 13.6. The van der Waals surface area contributed by atoms with Gasteiger partial charge in [0.15, 0.2) is 5.16 Å². The summed E-state index contributed by atoms with van der Waals surface area (Å²) in [5, 5.41) is 11.7. The van der Waals surface area contributed by atoms with Crippen molar-refractivity contribution in [2.45, 2.75) is 34.7 Å². The first-order chi connectivity index (χ1) is 13.1. The second kappa shape index (κ2) is 7.15. The van der Waals surface area contributed by atoms with E-state index >= 15 is 0 Å². The Morgan fingerprint density at radius 2 is 2.00 bits per heavy atom. The third kappa shape index (κ3) is 3.47. The maximum Gasteiger partial charge on any atom is 0.235 e. The minimum atomic E-state index is -0.631. The molecule has 1 heterocycles. The minimum absolute atomic E-state index is 0.0759. The lowest BCUT2D eigenvalue weighted by atomic mass is 9.63. The fourth-order valence-electron chi connectivity index (χ4n) is 3.29. The van der Waals surface area contributed by atoms with Gasteiger partial charge >= 0.3 is 0 Å². The van der Waals surface area contributed by atoms with E-state index in [-0.39, 0.29) is 11.7 Å². The summed E-state index contributed by atoms with van der Waals surface area (Å²) in [4.78, 5) is 14.0. The number of hydrogen-bond acceptors (Lipinski definition) is 4. The second-order valence-electron chi connectivity index (χ2n) is 6.75. The molecule has 2 aromatic carbocycles. The Balaban J connectivity index is 1.48. The van der Waals surface area contributed by atoms with Gasteiger partial charge in [-0.1, -0.05) is 18.6 Å². The first-order valence-corrected chi connectivity index (χ1v) is 9.58. The monoisotopic (exact) mass is 382 g/mol. The Labute approximate surface area is 161 Å². The number of carbonyl (C=O) groups is 1. The summed E-state index contributed by atoms with van der Waals surface area (Å²) in [6.07, 6.45) is 4.10. The topological polar surface area (TPSA) is 59.8 Å². The van der Waals surface area contributed by atoms with Gasteiger partial charge in [-0.2, -0.15) is 0 Å². The van der Waals surface area contributed by atoms with Crippen molar-refractivity contribution in [2.24, 2.45) is 7.05 Å². The summed E-state index contributed by atoms with van der Waals surface area (Å²) >= 11 is 1.50. The molecule has 0 unspecified atom stereocenters. The number of nitrogens with one attached hydrogen (secondary N) is 1. The fraction of sp³-hybridized carbons (Fsp3) is 0.250. The van der Waals surface area contributed by atoms with Crippen molar-refractivity contribution in [1.29, 1.82) is 0 Å². The molecule has 0 aliphatic heterocycles. The number of halogens is 1. The van der Waals surface area contributed by atoms with Gasteiger partial charge in [0.05, 0.1) is 5.41 Å². The number of anilines is 1. The van der Waals surface area contributed by atoms with Crippen LogP contribution in [0, 0.1) is 5.82 Å². The highest BCUT2D eigenvalue weighted by Gasteiger charge is 2.45. The number of carbonyl (C=O) groups excluding carboxylic acids is 1. The van der Waals surface area contributed by atoms with E-state index in [4.69, 9.17) is 0 Å². The molecule has 1 aliphatic carbocycles. The van der Waals surface area contributed by atoms with Gasteiger partial charge in [-0.3, -0.25) is 4.79 Å². The van der Waals surface area contributed by atoms with E-state index in [2.05, 4.69) is 15.5 Å². The second-order valence-corrected chi connectivity index (χ2v) is 7.79. The average Bonchev–Trinajstić information content (AvgIpc) is 3.01. The molecule has 1 aromatic heterocycles. The van der Waals surface area contributed by atoms with Crippen molar-refractivity contribution in [3.05, 3.63) is 66.2 Å². The molecule has 5 nitrogen and oxygen atoms in total. The summed E-state index contributed by atoms with van der Waals surface area (Å²) in [7, 11) is 1.89. The largest absolute Gasteiger partial charge is 0.325 e. The molecule has 138 valence electrons. The Kier molecular flexibility index (Phi) is 4.70. The molecule has 1 aliphatic rings. The molecule has 1 amide bonds. The highest BCUT2D eigenvalue weighted by molar-refractivity contribution is 7.99. The SMILES string of the molecule is Cn1cnnc1Sc1ccc(NC(=O)C2(c3cccc(F)c3)CCC2)cc1. The van der Waals surface area contributed by atoms with Crippen molar-refractivity contribution >= 4 is 23.4 Å². The Bertz CT molecular complexity index is 966. The molecule has 4 rings (SSSR count). The van der Waals surface area contributed by atoms with Crippen LogP contribution >= 0.6 is 11.8 Å². The van der Waals surface area contributed by atoms with E-state index in [0.717, 1.165) is 40.6 Å². The van der Waals surface area contributed by atoms with Crippen LogP contribution in [0.15, 0.2) is 64.9 Å². The van der Waals surface area contributed by atoms with Crippen LogP contribution in [-0.4, -0.2) is 20.7 Å². The molecule has 0 saturated heterocycles. The van der Waals surface area contributed by atoms with E-state index in [1.54, 1.807) is 12.4 Å². The first kappa shape index (κ1) is 17.7. The van der Waals surface area contributed by atoms with Crippen LogP contribution in [0.1, 0.15) is 24.8 Å². The standard InChI is InChI=1S/C20H19FN4OS/c1-25-13-22-24-19(25)27-17-8-6-16(7-9-17)23-18(26)20(10-3-11-20)14-4-2-5-15(21)12-14/h2,4-9,12-13H,3,10-11H2,1H3,(H,23,26). The number of aryl methyl sites for hydroxylation is 1. The third-order valence-corrected chi connectivity index (χ3v) is 6.07. The fourth-order valence-corrected chi connectivity index (χ4v) is 4.05. The molecular formula is C20H19FN4OS. The molecule has 0 bridgehead atoms. The molecule has 1 N–H and O–H groups in total. The molecular weight excluding hydrogens is 363 g/mol. The van der Waals surface area contributed by atoms with Crippen LogP contribution in [0.2, 0.25) is 0 Å². The van der Waals surface area contributed by atoms with Crippen molar-refractivity contribution in [1.82, 2.24) is 14.8 Å². The van der Waals surface area contributed by atoms with E-state index < -0.39 is 5.41 Å². The van der Waals surface area contributed by atoms with Gasteiger partial charge in [0.1, 0.15) is 12.1 Å². The van der Waals surface area contributed by atoms with Crippen LogP contribution < -0.4 is 5.32 Å². The van der Waals surface area contributed by atoms with Gasteiger partial charge in [-0.05, 0) is 66.6 Å². The third-order valence-electron chi connectivity index (χ3n) is 5.01. The lowest BCUT2D eigenvalue weighted by Crippen LogP contribution is -2.46. The predicted molar refractivity (Wildman–Crippen MR) is 102 cm³/mol. The zero-order valence-corrected chi connectivity index (χ0v) is 15.7. The minimum Gasteiger partial charge on any atom is -0.325 e. The molecule has 1 saturated carbocycles. The van der Waals surface area contributed by atoms with Crippen molar-refractivity contribution < 1.29 is 9.18 Å². The average molecular weight is 382 g/mol. The number of benzene rings is 2. The van der Waals surface area contributed by atoms with Gasteiger partial charge in [0, 0.05) is 17.6 Å². The van der Waals surface area contributed by atoms with Crippen LogP contribution in [0.5, 0.6) is 0 Å². The van der Waals surface area contributed by atoms with Crippen LogP contribution in [0.25, 0.3) is 0 Å². The Morgan fingerprint density at radius 3 is 2.59 bits per heavy atom. The van der Waals surface area contributed by atoms with E-state index in [1.807, 2.05) is 41.9 Å². The van der Waals surface area contributed by atoms with Gasteiger partial charge in [0.2, 0.25) is 5.91 Å². The number of rotatable bonds is 5. The number of nitrogens with zero attached hydrogens (tertiary/aromatic N) is 3. The van der Waals surface area contributed by atoms with E-state index in [1.165, 1.54) is 23.9 Å². The predicted octanol–water partition coefficient (Wildman–Crippen LogP) is 4.17. The molecule has 1 fully saturated rings. The smallest absolute Gasteiger partial charge is 0.235 e. The van der Waals surface area contributed by atoms with Crippen LogP contribution in [-0.2, 0) is 17.3 Å². The summed E-state index contributed by atoms with van der Waals surface area (Å²) in [5.74, 6) is -0.384. The number of amides is 1. The highest BCUT2D eigenvalue weighted by Crippen LogP contribution is 2.44. The van der Waals surface area contributed by atoms with Gasteiger partial charge in [-0.25, -0.2) is 4.39 Å². The Morgan fingerprint density at radius 1 is 1.22 bits per heavy atom. The van der Waals surface area contributed by atoms with Crippen molar-refractivity contribution in [3.63, 3.8) is 0 Å². The first-order valence-electron chi connectivity index (χ1n) is 8.76.